The first-order chi connectivity index (χ1) is 10.6. The van der Waals surface area contributed by atoms with E-state index < -0.39 is 21.7 Å². The zero-order valence-electron chi connectivity index (χ0n) is 13.8. The van der Waals surface area contributed by atoms with Crippen LogP contribution in [0.2, 0.25) is 0 Å². The maximum Gasteiger partial charge on any atom is 0.283 e. The second kappa shape index (κ2) is 7.45. The smallest absolute Gasteiger partial charge is 0.283 e. The quantitative estimate of drug-likeness (QED) is 0.595. The highest BCUT2D eigenvalue weighted by atomic mass is 32.2. The van der Waals surface area contributed by atoms with Gasteiger partial charge in [0.15, 0.2) is 15.8 Å². The lowest BCUT2D eigenvalue weighted by molar-refractivity contribution is 0.0999. The summed E-state index contributed by atoms with van der Waals surface area (Å²) >= 11 is 0. The summed E-state index contributed by atoms with van der Waals surface area (Å²) < 4.78 is 29.5. The summed E-state index contributed by atoms with van der Waals surface area (Å²) in [5.41, 5.74) is 11.1. The largest absolute Gasteiger partial charge is 0.496 e. The van der Waals surface area contributed by atoms with Crippen LogP contribution in [-0.4, -0.2) is 33.7 Å². The molecule has 0 spiro atoms. The highest BCUT2D eigenvalue weighted by Gasteiger charge is 2.24. The van der Waals surface area contributed by atoms with E-state index in [4.69, 9.17) is 16.2 Å². The van der Waals surface area contributed by atoms with Gasteiger partial charge < -0.3 is 16.2 Å². The van der Waals surface area contributed by atoms with Gasteiger partial charge >= 0.3 is 0 Å². The van der Waals surface area contributed by atoms with Crippen molar-refractivity contribution in [3.63, 3.8) is 0 Å². The topological polar surface area (TPSA) is 125 Å². The summed E-state index contributed by atoms with van der Waals surface area (Å²) in [6, 6.07) is 2.88. The molecule has 0 saturated heterocycles. The summed E-state index contributed by atoms with van der Waals surface area (Å²) in [5.74, 6) is -0.861. The number of hydrogen-bond acceptors (Lipinski definition) is 4. The van der Waals surface area contributed by atoms with Gasteiger partial charge in [-0.25, -0.2) is 8.42 Å². The molecule has 1 aromatic carbocycles. The van der Waals surface area contributed by atoms with Crippen LogP contribution in [-0.2, 0) is 9.84 Å². The molecule has 0 aliphatic rings. The Morgan fingerprint density at radius 2 is 1.83 bits per heavy atom. The molecule has 7 nitrogen and oxygen atoms in total. The van der Waals surface area contributed by atoms with Crippen LogP contribution in [0.4, 0.5) is 0 Å². The number of carbonyl (C=O) groups is 1. The van der Waals surface area contributed by atoms with Gasteiger partial charge in [-0.1, -0.05) is 13.8 Å². The van der Waals surface area contributed by atoms with Gasteiger partial charge in [0.05, 0.1) is 17.6 Å². The number of carbonyl (C=O) groups excluding carboxylic acids is 1. The molecular formula is C15H23N3O4S. The number of methoxy groups -OCH3 is 1. The first kappa shape index (κ1) is 19.0. The first-order valence-corrected chi connectivity index (χ1v) is 9.10. The van der Waals surface area contributed by atoms with Crippen molar-refractivity contribution in [1.29, 1.82) is 0 Å². The van der Waals surface area contributed by atoms with Crippen LogP contribution in [0.3, 0.4) is 0 Å². The van der Waals surface area contributed by atoms with E-state index in [9.17, 15) is 13.2 Å². The van der Waals surface area contributed by atoms with E-state index in [2.05, 4.69) is 4.99 Å². The molecule has 1 amide bonds. The van der Waals surface area contributed by atoms with Gasteiger partial charge in [0.25, 0.3) is 5.91 Å². The van der Waals surface area contributed by atoms with Crippen LogP contribution >= 0.6 is 0 Å². The lowest BCUT2D eigenvalue weighted by Crippen LogP contribution is -2.24. The standard InChI is InChI=1S/C15H23N3O4S/c1-5-9(6-2)10-7-12(22-3)11(14(19)18-15(16)17)8-13(10)23(4,20)21/h7-9H,5-6H2,1-4H3,(H4,16,17,18,19). The summed E-state index contributed by atoms with van der Waals surface area (Å²) in [6.45, 7) is 3.95. The second-order valence-electron chi connectivity index (χ2n) is 5.22. The normalized spacial score (nSPS) is 11.3. The molecule has 0 bridgehead atoms. The van der Waals surface area contributed by atoms with Crippen molar-refractivity contribution in [2.45, 2.75) is 37.5 Å². The van der Waals surface area contributed by atoms with Gasteiger partial charge in [0, 0.05) is 6.26 Å². The van der Waals surface area contributed by atoms with Crippen LogP contribution in [0, 0.1) is 0 Å². The molecule has 0 atom stereocenters. The Hall–Kier alpha value is -2.09. The minimum absolute atomic E-state index is 0.0102. The zero-order chi connectivity index (χ0) is 17.8. The molecule has 0 aliphatic carbocycles. The van der Waals surface area contributed by atoms with E-state index >= 15 is 0 Å². The van der Waals surface area contributed by atoms with Crippen molar-refractivity contribution >= 4 is 21.7 Å². The Kier molecular flexibility index (Phi) is 6.14. The lowest BCUT2D eigenvalue weighted by Gasteiger charge is -2.19. The maximum atomic E-state index is 12.1. The monoisotopic (exact) mass is 341 g/mol. The van der Waals surface area contributed by atoms with Crippen LogP contribution in [0.5, 0.6) is 5.75 Å². The molecule has 0 saturated carbocycles. The summed E-state index contributed by atoms with van der Waals surface area (Å²) in [5, 5.41) is 0. The minimum atomic E-state index is -3.53. The number of sulfone groups is 1. The zero-order valence-corrected chi connectivity index (χ0v) is 14.6. The van der Waals surface area contributed by atoms with Crippen LogP contribution in [0.25, 0.3) is 0 Å². The van der Waals surface area contributed by atoms with E-state index in [1.54, 1.807) is 6.07 Å². The number of ether oxygens (including phenoxy) is 1. The third kappa shape index (κ3) is 4.44. The number of benzene rings is 1. The van der Waals surface area contributed by atoms with Crippen LogP contribution in [0.15, 0.2) is 22.0 Å². The number of rotatable bonds is 6. The van der Waals surface area contributed by atoms with Gasteiger partial charge in [0.2, 0.25) is 0 Å². The third-order valence-electron chi connectivity index (χ3n) is 3.62. The number of guanidine groups is 1. The molecule has 0 heterocycles. The predicted octanol–water partition coefficient (Wildman–Crippen LogP) is 1.42. The van der Waals surface area contributed by atoms with Crippen molar-refractivity contribution in [3.05, 3.63) is 23.3 Å². The first-order valence-electron chi connectivity index (χ1n) is 7.21. The van der Waals surface area contributed by atoms with Crippen LogP contribution in [0.1, 0.15) is 48.5 Å². The molecule has 23 heavy (non-hydrogen) atoms. The Labute approximate surface area is 136 Å². The Balaban J connectivity index is 3.71. The van der Waals surface area contributed by atoms with Crippen molar-refractivity contribution in [1.82, 2.24) is 0 Å². The van der Waals surface area contributed by atoms with Crippen LogP contribution < -0.4 is 16.2 Å². The number of nitrogens with two attached hydrogens (primary N) is 2. The van der Waals surface area contributed by atoms with E-state index in [0.717, 1.165) is 19.1 Å². The average molecular weight is 341 g/mol. The number of hydrogen-bond donors (Lipinski definition) is 2. The predicted molar refractivity (Wildman–Crippen MR) is 89.6 cm³/mol. The average Bonchev–Trinajstić information content (AvgIpc) is 2.45. The van der Waals surface area contributed by atoms with Crippen molar-refractivity contribution in [3.8, 4) is 5.75 Å². The maximum absolute atomic E-state index is 12.1. The fourth-order valence-electron chi connectivity index (χ4n) is 2.46. The lowest BCUT2D eigenvalue weighted by atomic mass is 9.92. The summed E-state index contributed by atoms with van der Waals surface area (Å²) in [4.78, 5) is 15.7. The fraction of sp³-hybridized carbons (Fsp3) is 0.467. The molecule has 0 aromatic heterocycles. The van der Waals surface area contributed by atoms with E-state index in [1.165, 1.54) is 13.2 Å². The molecule has 128 valence electrons. The Bertz CT molecular complexity index is 718. The van der Waals surface area contributed by atoms with E-state index in [-0.39, 0.29) is 22.1 Å². The number of nitrogens with zero attached hydrogens (tertiary/aromatic N) is 1. The van der Waals surface area contributed by atoms with Crippen molar-refractivity contribution < 1.29 is 17.9 Å². The Morgan fingerprint density at radius 3 is 2.22 bits per heavy atom. The fourth-order valence-corrected chi connectivity index (χ4v) is 3.44. The summed E-state index contributed by atoms with van der Waals surface area (Å²) in [6.07, 6.45) is 2.64. The SMILES string of the molecule is CCC(CC)c1cc(OC)c(C(=O)N=C(N)N)cc1S(C)(=O)=O. The highest BCUT2D eigenvalue weighted by molar-refractivity contribution is 7.90. The molecule has 1 aromatic rings. The van der Waals surface area contributed by atoms with Gasteiger partial charge in [-0.2, -0.15) is 4.99 Å². The molecule has 4 N–H and O–H groups in total. The van der Waals surface area contributed by atoms with Crippen molar-refractivity contribution in [2.24, 2.45) is 16.5 Å². The van der Waals surface area contributed by atoms with Gasteiger partial charge in [0.1, 0.15) is 5.75 Å². The molecule has 0 aliphatic heterocycles. The van der Waals surface area contributed by atoms with Gasteiger partial charge in [-0.05, 0) is 36.5 Å². The molecule has 1 rings (SSSR count). The summed E-state index contributed by atoms with van der Waals surface area (Å²) in [7, 11) is -2.13. The minimum Gasteiger partial charge on any atom is -0.496 e. The van der Waals surface area contributed by atoms with E-state index in [0.29, 0.717) is 5.56 Å². The molecule has 0 unspecified atom stereocenters. The second-order valence-corrected chi connectivity index (χ2v) is 7.20. The number of amides is 1. The van der Waals surface area contributed by atoms with Crippen molar-refractivity contribution in [2.75, 3.05) is 13.4 Å². The molecule has 8 heteroatoms. The highest BCUT2D eigenvalue weighted by Crippen LogP contribution is 2.35. The third-order valence-corrected chi connectivity index (χ3v) is 4.77. The number of aliphatic imine (C=N–C) groups is 1. The molecule has 0 radical (unpaired) electrons. The van der Waals surface area contributed by atoms with Gasteiger partial charge in [-0.3, -0.25) is 4.79 Å². The molecule has 0 fully saturated rings. The van der Waals surface area contributed by atoms with E-state index in [1.807, 2.05) is 13.8 Å². The molecular weight excluding hydrogens is 318 g/mol. The Morgan fingerprint density at radius 1 is 1.26 bits per heavy atom. The van der Waals surface area contributed by atoms with Gasteiger partial charge in [-0.15, -0.1) is 0 Å².